The minimum atomic E-state index is -0.325. The topological polar surface area (TPSA) is 66.1 Å². The summed E-state index contributed by atoms with van der Waals surface area (Å²) < 4.78 is 1.40. The predicted molar refractivity (Wildman–Crippen MR) is 99.8 cm³/mol. The van der Waals surface area contributed by atoms with Gasteiger partial charge in [0, 0.05) is 24.9 Å². The standard InChI is InChI=1S/C21H17N3O2/c1-23-12-11-17(13-20(23)25)21(26)24(15-16-7-3-2-4-8-16)19-10-6-5-9-18(19)14-22/h2-13H,15H2,1H3. The molecule has 0 N–H and O–H groups in total. The first-order chi connectivity index (χ1) is 12.6. The molecule has 26 heavy (non-hydrogen) atoms. The maximum atomic E-state index is 13.1. The maximum absolute atomic E-state index is 13.1. The summed E-state index contributed by atoms with van der Waals surface area (Å²) in [6.45, 7) is 0.299. The third-order valence-electron chi connectivity index (χ3n) is 4.10. The van der Waals surface area contributed by atoms with Gasteiger partial charge in [-0.2, -0.15) is 5.26 Å². The van der Waals surface area contributed by atoms with Crippen LogP contribution in [-0.2, 0) is 13.6 Å². The molecule has 0 fully saturated rings. The van der Waals surface area contributed by atoms with Crippen LogP contribution in [0.15, 0.2) is 77.7 Å². The number of nitrogens with zero attached hydrogens (tertiary/aromatic N) is 3. The molecule has 0 saturated carbocycles. The highest BCUT2D eigenvalue weighted by Crippen LogP contribution is 2.24. The van der Waals surface area contributed by atoms with Gasteiger partial charge in [-0.15, -0.1) is 0 Å². The zero-order chi connectivity index (χ0) is 18.5. The molecule has 0 aliphatic heterocycles. The number of benzene rings is 2. The molecule has 0 saturated heterocycles. The molecule has 3 rings (SSSR count). The van der Waals surface area contributed by atoms with Gasteiger partial charge < -0.3 is 9.47 Å². The Hall–Kier alpha value is -3.65. The zero-order valence-electron chi connectivity index (χ0n) is 14.3. The largest absolute Gasteiger partial charge is 0.319 e. The third kappa shape index (κ3) is 3.55. The number of nitriles is 1. The van der Waals surface area contributed by atoms with Gasteiger partial charge in [0.25, 0.3) is 11.5 Å². The Morgan fingerprint density at radius 2 is 1.77 bits per heavy atom. The van der Waals surface area contributed by atoms with Crippen molar-refractivity contribution in [3.05, 3.63) is 100.0 Å². The van der Waals surface area contributed by atoms with Crippen LogP contribution in [0.4, 0.5) is 5.69 Å². The molecule has 0 aliphatic carbocycles. The Bertz CT molecular complexity index is 1030. The lowest BCUT2D eigenvalue weighted by atomic mass is 10.1. The predicted octanol–water partition coefficient (Wildman–Crippen LogP) is 3.10. The van der Waals surface area contributed by atoms with Gasteiger partial charge in [-0.1, -0.05) is 42.5 Å². The summed E-state index contributed by atoms with van der Waals surface area (Å²) in [6.07, 6.45) is 1.56. The number of aromatic nitrogens is 1. The van der Waals surface area contributed by atoms with Crippen LogP contribution in [0.3, 0.4) is 0 Å². The summed E-state index contributed by atoms with van der Waals surface area (Å²) >= 11 is 0. The van der Waals surface area contributed by atoms with E-state index in [2.05, 4.69) is 6.07 Å². The lowest BCUT2D eigenvalue weighted by molar-refractivity contribution is 0.0984. The molecular formula is C21H17N3O2. The van der Waals surface area contributed by atoms with Gasteiger partial charge in [-0.25, -0.2) is 0 Å². The van der Waals surface area contributed by atoms with Crippen molar-refractivity contribution in [3.8, 4) is 6.07 Å². The van der Waals surface area contributed by atoms with E-state index in [1.807, 2.05) is 30.3 Å². The van der Waals surface area contributed by atoms with Gasteiger partial charge in [0.15, 0.2) is 0 Å². The maximum Gasteiger partial charge on any atom is 0.258 e. The second kappa shape index (κ2) is 7.49. The van der Waals surface area contributed by atoms with Crippen molar-refractivity contribution in [2.24, 2.45) is 7.05 Å². The first kappa shape index (κ1) is 17.2. The Labute approximate surface area is 151 Å². The fourth-order valence-electron chi connectivity index (χ4n) is 2.67. The molecule has 1 aromatic heterocycles. The van der Waals surface area contributed by atoms with Crippen molar-refractivity contribution in [2.45, 2.75) is 6.54 Å². The summed E-state index contributed by atoms with van der Waals surface area (Å²) in [4.78, 5) is 26.6. The van der Waals surface area contributed by atoms with Crippen molar-refractivity contribution < 1.29 is 4.79 Å². The summed E-state index contributed by atoms with van der Waals surface area (Å²) in [6, 6.07) is 21.5. The Morgan fingerprint density at radius 1 is 1.08 bits per heavy atom. The quantitative estimate of drug-likeness (QED) is 0.731. The highest BCUT2D eigenvalue weighted by Gasteiger charge is 2.21. The molecule has 2 aromatic carbocycles. The van der Waals surface area contributed by atoms with E-state index >= 15 is 0 Å². The van der Waals surface area contributed by atoms with Gasteiger partial charge >= 0.3 is 0 Å². The van der Waals surface area contributed by atoms with Gasteiger partial charge in [-0.3, -0.25) is 9.59 Å². The van der Waals surface area contributed by atoms with Gasteiger partial charge in [0.05, 0.1) is 17.8 Å². The van der Waals surface area contributed by atoms with Crippen LogP contribution in [0.5, 0.6) is 0 Å². The average Bonchev–Trinajstić information content (AvgIpc) is 2.68. The van der Waals surface area contributed by atoms with Crippen molar-refractivity contribution >= 4 is 11.6 Å². The molecule has 3 aromatic rings. The van der Waals surface area contributed by atoms with Crippen LogP contribution >= 0.6 is 0 Å². The van der Waals surface area contributed by atoms with Crippen LogP contribution in [0, 0.1) is 11.3 Å². The monoisotopic (exact) mass is 343 g/mol. The number of anilines is 1. The lowest BCUT2D eigenvalue weighted by Gasteiger charge is -2.24. The van der Waals surface area contributed by atoms with Crippen LogP contribution < -0.4 is 10.5 Å². The van der Waals surface area contributed by atoms with E-state index in [-0.39, 0.29) is 17.0 Å². The van der Waals surface area contributed by atoms with Crippen molar-refractivity contribution in [1.29, 1.82) is 5.26 Å². The number of para-hydroxylation sites is 1. The molecule has 1 heterocycles. The summed E-state index contributed by atoms with van der Waals surface area (Å²) in [7, 11) is 1.63. The fourth-order valence-corrected chi connectivity index (χ4v) is 2.67. The van der Waals surface area contributed by atoms with Crippen LogP contribution in [0.25, 0.3) is 0 Å². The molecule has 0 unspecified atom stereocenters. The van der Waals surface area contributed by atoms with Gasteiger partial charge in [-0.05, 0) is 23.8 Å². The molecule has 0 aliphatic rings. The number of carbonyl (C=O) groups is 1. The van der Waals surface area contributed by atoms with Crippen molar-refractivity contribution in [1.82, 2.24) is 4.57 Å². The second-order valence-corrected chi connectivity index (χ2v) is 5.87. The van der Waals surface area contributed by atoms with Crippen molar-refractivity contribution in [2.75, 3.05) is 4.90 Å². The Kier molecular flexibility index (Phi) is 4.95. The van der Waals surface area contributed by atoms with E-state index in [9.17, 15) is 14.9 Å². The fraction of sp³-hybridized carbons (Fsp3) is 0.0952. The summed E-state index contributed by atoms with van der Waals surface area (Å²) in [5.74, 6) is -0.325. The lowest BCUT2D eigenvalue weighted by Crippen LogP contribution is -2.32. The average molecular weight is 343 g/mol. The normalized spacial score (nSPS) is 10.2. The highest BCUT2D eigenvalue weighted by molar-refractivity contribution is 6.06. The minimum Gasteiger partial charge on any atom is -0.319 e. The number of hydrogen-bond acceptors (Lipinski definition) is 3. The van der Waals surface area contributed by atoms with E-state index in [0.29, 0.717) is 17.8 Å². The number of pyridine rings is 1. The Morgan fingerprint density at radius 3 is 2.46 bits per heavy atom. The third-order valence-corrected chi connectivity index (χ3v) is 4.10. The first-order valence-corrected chi connectivity index (χ1v) is 8.12. The molecule has 0 bridgehead atoms. The molecule has 0 radical (unpaired) electrons. The van der Waals surface area contributed by atoms with E-state index in [0.717, 1.165) is 5.56 Å². The number of carbonyl (C=O) groups excluding carboxylic acids is 1. The van der Waals surface area contributed by atoms with Crippen LogP contribution in [-0.4, -0.2) is 10.5 Å². The second-order valence-electron chi connectivity index (χ2n) is 5.87. The summed E-state index contributed by atoms with van der Waals surface area (Å²) in [5, 5.41) is 9.42. The highest BCUT2D eigenvalue weighted by atomic mass is 16.2. The molecule has 0 spiro atoms. The van der Waals surface area contributed by atoms with Crippen molar-refractivity contribution in [3.63, 3.8) is 0 Å². The summed E-state index contributed by atoms with van der Waals surface area (Å²) in [5.41, 5.74) is 1.88. The number of aryl methyl sites for hydroxylation is 1. The van der Waals surface area contributed by atoms with Gasteiger partial charge in [0.2, 0.25) is 0 Å². The first-order valence-electron chi connectivity index (χ1n) is 8.12. The molecule has 0 atom stereocenters. The Balaban J connectivity index is 2.07. The molecule has 5 heteroatoms. The number of hydrogen-bond donors (Lipinski definition) is 0. The SMILES string of the molecule is Cn1ccc(C(=O)N(Cc2ccccc2)c2ccccc2C#N)cc1=O. The zero-order valence-corrected chi connectivity index (χ0v) is 14.3. The van der Waals surface area contributed by atoms with E-state index in [1.165, 1.54) is 15.5 Å². The smallest absolute Gasteiger partial charge is 0.258 e. The number of rotatable bonds is 4. The van der Waals surface area contributed by atoms with Gasteiger partial charge in [0.1, 0.15) is 6.07 Å². The molecule has 1 amide bonds. The minimum absolute atomic E-state index is 0.260. The van der Waals surface area contributed by atoms with E-state index in [1.54, 1.807) is 43.6 Å². The molecular weight excluding hydrogens is 326 g/mol. The van der Waals surface area contributed by atoms with Crippen LogP contribution in [0.2, 0.25) is 0 Å². The van der Waals surface area contributed by atoms with E-state index in [4.69, 9.17) is 0 Å². The molecule has 128 valence electrons. The number of amides is 1. The van der Waals surface area contributed by atoms with E-state index < -0.39 is 0 Å². The molecule has 5 nitrogen and oxygen atoms in total. The van der Waals surface area contributed by atoms with Crippen LogP contribution in [0.1, 0.15) is 21.5 Å².